The SMILES string of the molecule is c1ccc(N(c2ccc3c(c2)nc2n3c3nc4cc(N(c5ccccc5)c5cccc6ccccc56)ccc4n3c3nc4cc(N(c5ccccc5)c5cccc6ccccc56)ccc4n23)c2cccc3ccccc23)cc1. The first-order valence-corrected chi connectivity index (χ1v) is 26.3. The van der Waals surface area contributed by atoms with Gasteiger partial charge in [-0.2, -0.15) is 0 Å². The molecule has 0 spiro atoms. The minimum Gasteiger partial charge on any atom is -0.310 e. The molecule has 0 amide bonds. The molecule has 0 aliphatic rings. The average molecular weight is 1000 g/mol. The third kappa shape index (κ3) is 6.78. The van der Waals surface area contributed by atoms with E-state index in [0.29, 0.717) is 17.3 Å². The van der Waals surface area contributed by atoms with Gasteiger partial charge in [0.15, 0.2) is 0 Å². The quantitative estimate of drug-likeness (QED) is 0.144. The first kappa shape index (κ1) is 43.6. The highest BCUT2D eigenvalue weighted by molar-refractivity contribution is 6.04. The number of rotatable bonds is 9. The van der Waals surface area contributed by atoms with E-state index < -0.39 is 0 Å². The first-order valence-electron chi connectivity index (χ1n) is 26.3. The molecule has 78 heavy (non-hydrogen) atoms. The van der Waals surface area contributed by atoms with Crippen LogP contribution >= 0.6 is 0 Å². The predicted molar refractivity (Wildman–Crippen MR) is 322 cm³/mol. The fourth-order valence-electron chi connectivity index (χ4n) is 11.8. The van der Waals surface area contributed by atoms with Gasteiger partial charge in [-0.25, -0.2) is 28.2 Å². The lowest BCUT2D eigenvalue weighted by molar-refractivity contribution is 1.01. The van der Waals surface area contributed by atoms with Gasteiger partial charge in [-0.15, -0.1) is 0 Å². The molecule has 0 saturated carbocycles. The smallest absolute Gasteiger partial charge is 0.225 e. The summed E-state index contributed by atoms with van der Waals surface area (Å²) < 4.78 is 6.62. The zero-order valence-electron chi connectivity index (χ0n) is 42.0. The average Bonchev–Trinajstić information content (AvgIpc) is 4.41. The Bertz CT molecular complexity index is 4460. The van der Waals surface area contributed by atoms with Crippen LogP contribution in [0.5, 0.6) is 0 Å². The van der Waals surface area contributed by atoms with Gasteiger partial charge >= 0.3 is 0 Å². The molecule has 16 rings (SSSR count). The van der Waals surface area contributed by atoms with Crippen molar-refractivity contribution in [3.63, 3.8) is 0 Å². The molecule has 4 aromatic heterocycles. The summed E-state index contributed by atoms with van der Waals surface area (Å²) in [5.74, 6) is 2.13. The molecule has 0 radical (unpaired) electrons. The van der Waals surface area contributed by atoms with E-state index in [1.165, 1.54) is 16.2 Å². The molecule has 0 aliphatic heterocycles. The Morgan fingerprint density at radius 3 is 0.808 bits per heavy atom. The predicted octanol–water partition coefficient (Wildman–Crippen LogP) is 18.0. The number of para-hydroxylation sites is 3. The fraction of sp³-hybridized carbons (Fsp3) is 0. The highest BCUT2D eigenvalue weighted by Gasteiger charge is 2.25. The van der Waals surface area contributed by atoms with E-state index in [9.17, 15) is 0 Å². The van der Waals surface area contributed by atoms with E-state index in [-0.39, 0.29) is 0 Å². The summed E-state index contributed by atoms with van der Waals surface area (Å²) in [6.45, 7) is 0. The Hall–Kier alpha value is -10.8. The summed E-state index contributed by atoms with van der Waals surface area (Å²) in [5.41, 5.74) is 14.6. The summed E-state index contributed by atoms with van der Waals surface area (Å²) in [6.07, 6.45) is 0. The number of hydrogen-bond donors (Lipinski definition) is 0. The Morgan fingerprint density at radius 1 is 0.231 bits per heavy atom. The van der Waals surface area contributed by atoms with Gasteiger partial charge in [0.2, 0.25) is 17.3 Å². The Kier molecular flexibility index (Phi) is 9.73. The monoisotopic (exact) mass is 999 g/mol. The number of nitrogens with zero attached hydrogens (tertiary/aromatic N) is 9. The normalized spacial score (nSPS) is 11.8. The number of aromatic nitrogens is 6. The lowest BCUT2D eigenvalue weighted by Gasteiger charge is -2.26. The Labute approximate surface area is 447 Å². The molecule has 9 heteroatoms. The lowest BCUT2D eigenvalue weighted by Crippen LogP contribution is -2.10. The molecule has 4 heterocycles. The molecule has 0 fully saturated rings. The second-order valence-electron chi connectivity index (χ2n) is 19.8. The van der Waals surface area contributed by atoms with Crippen LogP contribution in [0.4, 0.5) is 51.2 Å². The van der Waals surface area contributed by atoms with E-state index in [1.54, 1.807) is 0 Å². The Morgan fingerprint density at radius 2 is 0.500 bits per heavy atom. The molecule has 0 atom stereocenters. The van der Waals surface area contributed by atoms with Crippen molar-refractivity contribution in [1.29, 1.82) is 0 Å². The van der Waals surface area contributed by atoms with Gasteiger partial charge in [0.1, 0.15) is 0 Å². The van der Waals surface area contributed by atoms with Crippen LogP contribution in [0.25, 0.3) is 82.8 Å². The molecule has 0 saturated heterocycles. The van der Waals surface area contributed by atoms with Crippen LogP contribution in [0.2, 0.25) is 0 Å². The van der Waals surface area contributed by atoms with Crippen molar-refractivity contribution in [1.82, 2.24) is 28.2 Å². The molecule has 0 N–H and O–H groups in total. The van der Waals surface area contributed by atoms with E-state index in [1.807, 2.05) is 0 Å². The number of fused-ring (bicyclic) bond motifs is 15. The number of anilines is 9. The zero-order valence-corrected chi connectivity index (χ0v) is 42.0. The molecular formula is C69H45N9. The van der Waals surface area contributed by atoms with E-state index >= 15 is 0 Å². The van der Waals surface area contributed by atoms with Crippen molar-refractivity contribution in [2.45, 2.75) is 0 Å². The van der Waals surface area contributed by atoms with E-state index in [2.05, 4.69) is 301 Å². The van der Waals surface area contributed by atoms with Crippen LogP contribution in [0.15, 0.2) is 273 Å². The number of hydrogen-bond acceptors (Lipinski definition) is 6. The molecular weight excluding hydrogens is 955 g/mol. The van der Waals surface area contributed by atoms with Crippen molar-refractivity contribution in [2.75, 3.05) is 14.7 Å². The van der Waals surface area contributed by atoms with Gasteiger partial charge in [-0.05, 0) is 125 Å². The van der Waals surface area contributed by atoms with Gasteiger partial charge in [0.25, 0.3) is 0 Å². The highest BCUT2D eigenvalue weighted by atomic mass is 15.3. The minimum absolute atomic E-state index is 0.711. The fourth-order valence-corrected chi connectivity index (χ4v) is 11.8. The third-order valence-electron chi connectivity index (χ3n) is 15.3. The molecule has 366 valence electrons. The van der Waals surface area contributed by atoms with Crippen LogP contribution in [-0.4, -0.2) is 28.2 Å². The van der Waals surface area contributed by atoms with Gasteiger partial charge in [0, 0.05) is 50.3 Å². The molecule has 0 aliphatic carbocycles. The van der Waals surface area contributed by atoms with Crippen molar-refractivity contribution in [3.8, 4) is 0 Å². The van der Waals surface area contributed by atoms with Crippen LogP contribution in [0.3, 0.4) is 0 Å². The second kappa shape index (κ2) is 17.4. The lowest BCUT2D eigenvalue weighted by atomic mass is 10.1. The van der Waals surface area contributed by atoms with E-state index in [4.69, 9.17) is 15.0 Å². The third-order valence-corrected chi connectivity index (χ3v) is 15.3. The molecule has 12 aromatic carbocycles. The molecule has 0 unspecified atom stereocenters. The molecule has 0 bridgehead atoms. The second-order valence-corrected chi connectivity index (χ2v) is 19.8. The summed E-state index contributed by atoms with van der Waals surface area (Å²) in [4.78, 5) is 23.8. The van der Waals surface area contributed by atoms with Gasteiger partial charge in [0.05, 0.1) is 50.2 Å². The summed E-state index contributed by atoms with van der Waals surface area (Å²) in [7, 11) is 0. The van der Waals surface area contributed by atoms with Gasteiger partial charge < -0.3 is 14.7 Å². The van der Waals surface area contributed by atoms with E-state index in [0.717, 1.165) is 100 Å². The van der Waals surface area contributed by atoms with Crippen molar-refractivity contribution in [2.24, 2.45) is 0 Å². The zero-order chi connectivity index (χ0) is 51.3. The first-order chi connectivity index (χ1) is 38.7. The number of imidazole rings is 3. The number of benzene rings is 12. The maximum atomic E-state index is 5.61. The summed E-state index contributed by atoms with van der Waals surface area (Å²) >= 11 is 0. The summed E-state index contributed by atoms with van der Waals surface area (Å²) in [5, 5.41) is 7.00. The van der Waals surface area contributed by atoms with Crippen LogP contribution < -0.4 is 14.7 Å². The van der Waals surface area contributed by atoms with Crippen molar-refractivity contribution >= 4 is 134 Å². The Balaban J connectivity index is 0.961. The largest absolute Gasteiger partial charge is 0.310 e. The maximum absolute atomic E-state index is 5.61. The maximum Gasteiger partial charge on any atom is 0.225 e. The molecule has 16 aromatic rings. The van der Waals surface area contributed by atoms with Crippen molar-refractivity contribution < 1.29 is 0 Å². The van der Waals surface area contributed by atoms with Crippen LogP contribution in [0.1, 0.15) is 0 Å². The topological polar surface area (TPSA) is 61.6 Å². The van der Waals surface area contributed by atoms with Crippen LogP contribution in [0, 0.1) is 0 Å². The van der Waals surface area contributed by atoms with Gasteiger partial charge in [-0.3, -0.25) is 0 Å². The van der Waals surface area contributed by atoms with Crippen molar-refractivity contribution in [3.05, 3.63) is 273 Å². The highest BCUT2D eigenvalue weighted by Crippen LogP contribution is 2.44. The van der Waals surface area contributed by atoms with Gasteiger partial charge in [-0.1, -0.05) is 164 Å². The standard InChI is InChI=1S/C69H45N9/c1-4-25-49(26-5-1)73(61-34-16-22-46-19-10-13-31-55(46)61)52-37-40-64-58(43-52)70-67-76(64)68-71-60-45-54(75(51-29-8-3-9-30-51)63-36-18-24-48-21-12-15-33-57(48)63)39-42-66(60)78(68)69-72-59-44-53(38-41-65(59)77(67)69)74(50-27-6-2-7-28-50)62-35-17-23-47-20-11-14-32-56(47)62/h1-45H. The summed E-state index contributed by atoms with van der Waals surface area (Å²) in [6, 6.07) is 96.8. The van der Waals surface area contributed by atoms with Crippen LogP contribution in [-0.2, 0) is 0 Å². The minimum atomic E-state index is 0.711. The molecule has 9 nitrogen and oxygen atoms in total.